The van der Waals surface area contributed by atoms with Crippen molar-refractivity contribution in [1.29, 1.82) is 0 Å². The Morgan fingerprint density at radius 1 is 1.19 bits per heavy atom. The highest BCUT2D eigenvalue weighted by atomic mass is 79.9. The Labute approximate surface area is 166 Å². The molecule has 0 bridgehead atoms. The summed E-state index contributed by atoms with van der Waals surface area (Å²) in [6.45, 7) is 5.97. The first kappa shape index (κ1) is 19.2. The molecule has 1 unspecified atom stereocenters. The minimum Gasteiger partial charge on any atom is -0.488 e. The molecule has 1 amide bonds. The van der Waals surface area contributed by atoms with Crippen molar-refractivity contribution in [2.24, 2.45) is 0 Å². The Kier molecular flexibility index (Phi) is 5.96. The summed E-state index contributed by atoms with van der Waals surface area (Å²) in [5.41, 5.74) is 3.21. The zero-order valence-electron chi connectivity index (χ0n) is 15.5. The van der Waals surface area contributed by atoms with Crippen molar-refractivity contribution in [2.75, 3.05) is 0 Å². The fraction of sp³-hybridized carbons (Fsp3) is 0.238. The zero-order valence-corrected chi connectivity index (χ0v) is 17.0. The van der Waals surface area contributed by atoms with Crippen molar-refractivity contribution in [3.05, 3.63) is 81.1 Å². The monoisotopic (exact) mass is 428 g/mol. The SMILES string of the molecule is Cc1noc(C)c1COc1ccccc1C(=O)NC(C)c1ccc(Br)cc1. The molecule has 140 valence electrons. The number of ether oxygens (including phenoxy) is 1. The van der Waals surface area contributed by atoms with Crippen LogP contribution in [0.3, 0.4) is 0 Å². The van der Waals surface area contributed by atoms with Gasteiger partial charge in [0.25, 0.3) is 5.91 Å². The predicted molar refractivity (Wildman–Crippen MR) is 107 cm³/mol. The summed E-state index contributed by atoms with van der Waals surface area (Å²) in [5.74, 6) is 1.07. The molecule has 5 nitrogen and oxygen atoms in total. The van der Waals surface area contributed by atoms with Crippen molar-refractivity contribution in [2.45, 2.75) is 33.4 Å². The van der Waals surface area contributed by atoms with E-state index in [0.717, 1.165) is 27.1 Å². The number of hydrogen-bond donors (Lipinski definition) is 1. The minimum absolute atomic E-state index is 0.124. The lowest BCUT2D eigenvalue weighted by Crippen LogP contribution is -2.27. The number of carbonyl (C=O) groups excluding carboxylic acids is 1. The molecule has 0 aliphatic heterocycles. The van der Waals surface area contributed by atoms with Crippen molar-refractivity contribution in [3.8, 4) is 5.75 Å². The van der Waals surface area contributed by atoms with Gasteiger partial charge in [0.2, 0.25) is 0 Å². The van der Waals surface area contributed by atoms with E-state index in [4.69, 9.17) is 9.26 Å². The van der Waals surface area contributed by atoms with Gasteiger partial charge in [0.15, 0.2) is 0 Å². The van der Waals surface area contributed by atoms with Crippen molar-refractivity contribution in [3.63, 3.8) is 0 Å². The number of carbonyl (C=O) groups is 1. The number of nitrogens with zero attached hydrogens (tertiary/aromatic N) is 1. The third-order valence-electron chi connectivity index (χ3n) is 4.40. The van der Waals surface area contributed by atoms with Gasteiger partial charge in [0.1, 0.15) is 18.1 Å². The van der Waals surface area contributed by atoms with Gasteiger partial charge in [-0.2, -0.15) is 0 Å². The number of amides is 1. The van der Waals surface area contributed by atoms with Crippen LogP contribution in [0.2, 0.25) is 0 Å². The molecule has 0 aliphatic carbocycles. The molecule has 0 fully saturated rings. The van der Waals surface area contributed by atoms with Crippen molar-refractivity contribution in [1.82, 2.24) is 10.5 Å². The second kappa shape index (κ2) is 8.39. The number of nitrogens with one attached hydrogen (secondary N) is 1. The van der Waals surface area contributed by atoms with Crippen LogP contribution < -0.4 is 10.1 Å². The summed E-state index contributed by atoms with van der Waals surface area (Å²) < 4.78 is 12.1. The third-order valence-corrected chi connectivity index (χ3v) is 4.93. The maximum Gasteiger partial charge on any atom is 0.255 e. The Balaban J connectivity index is 1.72. The molecule has 0 spiro atoms. The van der Waals surface area contributed by atoms with Crippen LogP contribution in [0.4, 0.5) is 0 Å². The fourth-order valence-electron chi connectivity index (χ4n) is 2.75. The first-order valence-corrected chi connectivity index (χ1v) is 9.45. The third kappa shape index (κ3) is 4.57. The molecule has 0 aliphatic rings. The minimum atomic E-state index is -0.181. The van der Waals surface area contributed by atoms with Crippen LogP contribution >= 0.6 is 15.9 Å². The van der Waals surface area contributed by atoms with Gasteiger partial charge in [0, 0.05) is 4.47 Å². The largest absolute Gasteiger partial charge is 0.488 e. The van der Waals surface area contributed by atoms with E-state index < -0.39 is 0 Å². The molecule has 1 heterocycles. The van der Waals surface area contributed by atoms with Crippen LogP contribution in [0.25, 0.3) is 0 Å². The standard InChI is InChI=1S/C21H21BrN2O3/c1-13(16-8-10-17(22)11-9-16)23-21(25)18-6-4-5-7-20(18)26-12-19-14(2)24-27-15(19)3/h4-11,13H,12H2,1-3H3,(H,23,25). The lowest BCUT2D eigenvalue weighted by atomic mass is 10.1. The first-order chi connectivity index (χ1) is 13.0. The highest BCUT2D eigenvalue weighted by Crippen LogP contribution is 2.23. The fourth-order valence-corrected chi connectivity index (χ4v) is 3.01. The molecule has 1 N–H and O–H groups in total. The van der Waals surface area contributed by atoms with Crippen LogP contribution in [0, 0.1) is 13.8 Å². The van der Waals surface area contributed by atoms with E-state index in [-0.39, 0.29) is 11.9 Å². The summed E-state index contributed by atoms with van der Waals surface area (Å²) in [4.78, 5) is 12.8. The Bertz CT molecular complexity index is 915. The quantitative estimate of drug-likeness (QED) is 0.591. The maximum atomic E-state index is 12.8. The van der Waals surface area contributed by atoms with E-state index in [1.807, 2.05) is 57.2 Å². The molecule has 27 heavy (non-hydrogen) atoms. The van der Waals surface area contributed by atoms with Crippen LogP contribution in [0.15, 0.2) is 57.5 Å². The second-order valence-electron chi connectivity index (χ2n) is 6.33. The summed E-state index contributed by atoms with van der Waals surface area (Å²) >= 11 is 3.42. The van der Waals surface area contributed by atoms with Crippen LogP contribution in [-0.2, 0) is 6.61 Å². The molecule has 3 rings (SSSR count). The van der Waals surface area contributed by atoms with Crippen LogP contribution in [0.1, 0.15) is 45.9 Å². The molecule has 0 saturated heterocycles. The lowest BCUT2D eigenvalue weighted by molar-refractivity contribution is 0.0935. The molecular formula is C21H21BrN2O3. The van der Waals surface area contributed by atoms with E-state index in [9.17, 15) is 4.79 Å². The van der Waals surface area contributed by atoms with Gasteiger partial charge < -0.3 is 14.6 Å². The molecule has 2 aromatic carbocycles. The number of aromatic nitrogens is 1. The number of para-hydroxylation sites is 1. The van der Waals surface area contributed by atoms with Gasteiger partial charge in [-0.05, 0) is 50.6 Å². The average Bonchev–Trinajstić information content (AvgIpc) is 2.98. The normalized spacial score (nSPS) is 11.9. The zero-order chi connectivity index (χ0) is 19.4. The van der Waals surface area contributed by atoms with Gasteiger partial charge in [-0.15, -0.1) is 0 Å². The maximum absolute atomic E-state index is 12.8. The van der Waals surface area contributed by atoms with Crippen LogP contribution in [0.5, 0.6) is 5.75 Å². The smallest absolute Gasteiger partial charge is 0.255 e. The highest BCUT2D eigenvalue weighted by Gasteiger charge is 2.17. The summed E-state index contributed by atoms with van der Waals surface area (Å²) in [5, 5.41) is 6.95. The number of rotatable bonds is 6. The van der Waals surface area contributed by atoms with Crippen molar-refractivity contribution >= 4 is 21.8 Å². The summed E-state index contributed by atoms with van der Waals surface area (Å²) in [6.07, 6.45) is 0. The van der Waals surface area contributed by atoms with E-state index >= 15 is 0 Å². The molecule has 1 aromatic heterocycles. The highest BCUT2D eigenvalue weighted by molar-refractivity contribution is 9.10. The van der Waals surface area contributed by atoms with Gasteiger partial charge >= 0.3 is 0 Å². The number of benzene rings is 2. The number of hydrogen-bond acceptors (Lipinski definition) is 4. The molecule has 1 atom stereocenters. The van der Waals surface area contributed by atoms with Gasteiger partial charge in [-0.3, -0.25) is 4.79 Å². The Hall–Kier alpha value is -2.60. The Morgan fingerprint density at radius 3 is 2.56 bits per heavy atom. The molecule has 3 aromatic rings. The van der Waals surface area contributed by atoms with Gasteiger partial charge in [-0.25, -0.2) is 0 Å². The average molecular weight is 429 g/mol. The van der Waals surface area contributed by atoms with E-state index in [1.165, 1.54) is 0 Å². The molecular weight excluding hydrogens is 408 g/mol. The van der Waals surface area contributed by atoms with Crippen LogP contribution in [-0.4, -0.2) is 11.1 Å². The molecule has 0 radical (unpaired) electrons. The first-order valence-electron chi connectivity index (χ1n) is 8.65. The lowest BCUT2D eigenvalue weighted by Gasteiger charge is -2.16. The summed E-state index contributed by atoms with van der Waals surface area (Å²) in [6, 6.07) is 15.0. The number of halogens is 1. The Morgan fingerprint density at radius 2 is 1.89 bits per heavy atom. The van der Waals surface area contributed by atoms with Gasteiger partial charge in [-0.1, -0.05) is 45.4 Å². The van der Waals surface area contributed by atoms with Crippen molar-refractivity contribution < 1.29 is 14.1 Å². The second-order valence-corrected chi connectivity index (χ2v) is 7.25. The number of aryl methyl sites for hydroxylation is 2. The van der Waals surface area contributed by atoms with E-state index in [2.05, 4.69) is 26.4 Å². The van der Waals surface area contributed by atoms with Gasteiger partial charge in [0.05, 0.1) is 22.9 Å². The predicted octanol–water partition coefficient (Wildman–Crippen LogP) is 5.12. The summed E-state index contributed by atoms with van der Waals surface area (Å²) in [7, 11) is 0. The topological polar surface area (TPSA) is 64.4 Å². The molecule has 6 heteroatoms. The van der Waals surface area contributed by atoms with E-state index in [0.29, 0.717) is 17.9 Å². The van der Waals surface area contributed by atoms with E-state index in [1.54, 1.807) is 12.1 Å². The molecule has 0 saturated carbocycles.